The quantitative estimate of drug-likeness (QED) is 0.563. The number of aldehydes is 1. The lowest BCUT2D eigenvalue weighted by Crippen LogP contribution is -2.40. The van der Waals surface area contributed by atoms with Gasteiger partial charge in [-0.3, -0.25) is 9.59 Å². The molecule has 1 N–H and O–H groups in total. The molecule has 0 aliphatic carbocycles. The highest BCUT2D eigenvalue weighted by Gasteiger charge is 2.24. The van der Waals surface area contributed by atoms with Gasteiger partial charge in [-0.2, -0.15) is 0 Å². The number of hydrogen-bond acceptors (Lipinski definition) is 4. The largest absolute Gasteiger partial charge is 0.497 e. The standard InChI is InChI=1S/C23H28N2O3/c1-28-22-10-6-18(7-11-22)3-2-14-24-23(27)20-12-15-25(16-13-20)21-8-4-19(17-26)5-9-21/h4-11,17,20H,2-3,12-16H2,1H3,(H,24,27). The fourth-order valence-electron chi connectivity index (χ4n) is 3.60. The monoisotopic (exact) mass is 380 g/mol. The van der Waals surface area contributed by atoms with E-state index in [2.05, 4.69) is 22.3 Å². The van der Waals surface area contributed by atoms with E-state index in [0.717, 1.165) is 56.5 Å². The predicted octanol–water partition coefficient (Wildman–Crippen LogP) is 3.47. The highest BCUT2D eigenvalue weighted by Crippen LogP contribution is 2.23. The highest BCUT2D eigenvalue weighted by atomic mass is 16.5. The lowest BCUT2D eigenvalue weighted by Gasteiger charge is -2.33. The first-order chi connectivity index (χ1) is 13.7. The van der Waals surface area contributed by atoms with E-state index in [9.17, 15) is 9.59 Å². The third kappa shape index (κ3) is 5.35. The Bertz CT molecular complexity index is 763. The van der Waals surface area contributed by atoms with Crippen LogP contribution in [0.1, 0.15) is 35.2 Å². The molecule has 5 nitrogen and oxygen atoms in total. The second-order valence-corrected chi connectivity index (χ2v) is 7.21. The van der Waals surface area contributed by atoms with Crippen LogP contribution in [0.25, 0.3) is 0 Å². The van der Waals surface area contributed by atoms with Crippen molar-refractivity contribution < 1.29 is 14.3 Å². The molecule has 0 aromatic heterocycles. The Labute approximate surface area is 166 Å². The van der Waals surface area contributed by atoms with Crippen LogP contribution in [-0.2, 0) is 11.2 Å². The van der Waals surface area contributed by atoms with Crippen molar-refractivity contribution in [1.82, 2.24) is 5.32 Å². The van der Waals surface area contributed by atoms with Gasteiger partial charge < -0.3 is 15.0 Å². The fourth-order valence-corrected chi connectivity index (χ4v) is 3.60. The molecule has 1 fully saturated rings. The number of aryl methyl sites for hydroxylation is 1. The minimum absolute atomic E-state index is 0.0893. The molecule has 0 spiro atoms. The van der Waals surface area contributed by atoms with Crippen LogP contribution in [0, 0.1) is 5.92 Å². The van der Waals surface area contributed by atoms with Gasteiger partial charge in [0.15, 0.2) is 0 Å². The molecule has 0 bridgehead atoms. The third-order valence-corrected chi connectivity index (χ3v) is 5.36. The molecule has 1 aliphatic heterocycles. The molecule has 5 heteroatoms. The molecule has 0 radical (unpaired) electrons. The van der Waals surface area contributed by atoms with Gasteiger partial charge in [-0.05, 0) is 67.6 Å². The van der Waals surface area contributed by atoms with Crippen LogP contribution in [0.2, 0.25) is 0 Å². The average Bonchev–Trinajstić information content (AvgIpc) is 2.77. The molecule has 1 heterocycles. The molecule has 1 aliphatic rings. The summed E-state index contributed by atoms with van der Waals surface area (Å²) in [5.41, 5.74) is 3.06. The molecular weight excluding hydrogens is 352 g/mol. The smallest absolute Gasteiger partial charge is 0.223 e. The topological polar surface area (TPSA) is 58.6 Å². The zero-order chi connectivity index (χ0) is 19.8. The lowest BCUT2D eigenvalue weighted by atomic mass is 9.95. The van der Waals surface area contributed by atoms with Gasteiger partial charge in [0.25, 0.3) is 0 Å². The molecule has 0 saturated carbocycles. The Kier molecular flexibility index (Phi) is 7.06. The van der Waals surface area contributed by atoms with Crippen molar-refractivity contribution in [2.75, 3.05) is 31.6 Å². The zero-order valence-electron chi connectivity index (χ0n) is 16.4. The van der Waals surface area contributed by atoms with Crippen LogP contribution in [0.4, 0.5) is 5.69 Å². The van der Waals surface area contributed by atoms with E-state index < -0.39 is 0 Å². The number of amides is 1. The molecule has 1 amide bonds. The van der Waals surface area contributed by atoms with Gasteiger partial charge in [0.1, 0.15) is 12.0 Å². The Balaban J connectivity index is 1.36. The van der Waals surface area contributed by atoms with Crippen molar-refractivity contribution in [2.24, 2.45) is 5.92 Å². The van der Waals surface area contributed by atoms with Crippen molar-refractivity contribution >= 4 is 17.9 Å². The lowest BCUT2D eigenvalue weighted by molar-refractivity contribution is -0.125. The number of piperidine rings is 1. The average molecular weight is 380 g/mol. The maximum atomic E-state index is 12.4. The van der Waals surface area contributed by atoms with E-state index in [0.29, 0.717) is 12.1 Å². The minimum atomic E-state index is 0.0893. The molecule has 148 valence electrons. The van der Waals surface area contributed by atoms with Crippen LogP contribution < -0.4 is 15.0 Å². The van der Waals surface area contributed by atoms with Crippen molar-refractivity contribution in [3.8, 4) is 5.75 Å². The van der Waals surface area contributed by atoms with E-state index in [1.807, 2.05) is 36.4 Å². The highest BCUT2D eigenvalue weighted by molar-refractivity contribution is 5.79. The number of nitrogens with one attached hydrogen (secondary N) is 1. The predicted molar refractivity (Wildman–Crippen MR) is 111 cm³/mol. The molecule has 0 unspecified atom stereocenters. The van der Waals surface area contributed by atoms with Crippen LogP contribution in [0.3, 0.4) is 0 Å². The summed E-state index contributed by atoms with van der Waals surface area (Å²) < 4.78 is 5.17. The van der Waals surface area contributed by atoms with E-state index in [-0.39, 0.29) is 11.8 Å². The molecular formula is C23H28N2O3. The summed E-state index contributed by atoms with van der Waals surface area (Å²) >= 11 is 0. The van der Waals surface area contributed by atoms with Crippen LogP contribution in [-0.4, -0.2) is 38.9 Å². The van der Waals surface area contributed by atoms with E-state index in [1.165, 1.54) is 5.56 Å². The number of nitrogens with zero attached hydrogens (tertiary/aromatic N) is 1. The molecule has 2 aromatic rings. The summed E-state index contributed by atoms with van der Waals surface area (Å²) in [6, 6.07) is 15.7. The number of rotatable bonds is 8. The van der Waals surface area contributed by atoms with Gasteiger partial charge in [-0.25, -0.2) is 0 Å². The Hall–Kier alpha value is -2.82. The second kappa shape index (κ2) is 9.93. The van der Waals surface area contributed by atoms with Crippen LogP contribution >= 0.6 is 0 Å². The normalized spacial score (nSPS) is 14.5. The number of benzene rings is 2. The second-order valence-electron chi connectivity index (χ2n) is 7.21. The van der Waals surface area contributed by atoms with Gasteiger partial charge in [0, 0.05) is 36.8 Å². The Morgan fingerprint density at radius 2 is 1.79 bits per heavy atom. The summed E-state index contributed by atoms with van der Waals surface area (Å²) in [5, 5.41) is 3.09. The number of hydrogen-bond donors (Lipinski definition) is 1. The molecule has 28 heavy (non-hydrogen) atoms. The summed E-state index contributed by atoms with van der Waals surface area (Å²) in [5.74, 6) is 1.13. The maximum absolute atomic E-state index is 12.4. The van der Waals surface area contributed by atoms with Gasteiger partial charge in [0.05, 0.1) is 7.11 Å². The minimum Gasteiger partial charge on any atom is -0.497 e. The number of carbonyl (C=O) groups is 2. The van der Waals surface area contributed by atoms with Crippen LogP contribution in [0.5, 0.6) is 5.75 Å². The maximum Gasteiger partial charge on any atom is 0.223 e. The van der Waals surface area contributed by atoms with Crippen molar-refractivity contribution in [2.45, 2.75) is 25.7 Å². The number of carbonyl (C=O) groups excluding carboxylic acids is 2. The van der Waals surface area contributed by atoms with Crippen molar-refractivity contribution in [1.29, 1.82) is 0 Å². The molecule has 0 atom stereocenters. The van der Waals surface area contributed by atoms with Gasteiger partial charge in [-0.1, -0.05) is 12.1 Å². The van der Waals surface area contributed by atoms with Crippen LogP contribution in [0.15, 0.2) is 48.5 Å². The van der Waals surface area contributed by atoms with E-state index in [1.54, 1.807) is 7.11 Å². The summed E-state index contributed by atoms with van der Waals surface area (Å²) in [6.07, 6.45) is 4.45. The first-order valence-corrected chi connectivity index (χ1v) is 9.90. The van der Waals surface area contributed by atoms with E-state index in [4.69, 9.17) is 4.74 Å². The zero-order valence-corrected chi connectivity index (χ0v) is 16.4. The van der Waals surface area contributed by atoms with E-state index >= 15 is 0 Å². The first kappa shape index (κ1) is 19.9. The molecule has 2 aromatic carbocycles. The van der Waals surface area contributed by atoms with Gasteiger partial charge in [0.2, 0.25) is 5.91 Å². The van der Waals surface area contributed by atoms with Gasteiger partial charge in [-0.15, -0.1) is 0 Å². The van der Waals surface area contributed by atoms with Crippen molar-refractivity contribution in [3.05, 3.63) is 59.7 Å². The summed E-state index contributed by atoms with van der Waals surface area (Å²) in [6.45, 7) is 2.44. The third-order valence-electron chi connectivity index (χ3n) is 5.36. The van der Waals surface area contributed by atoms with Gasteiger partial charge >= 0.3 is 0 Å². The SMILES string of the molecule is COc1ccc(CCCNC(=O)C2CCN(c3ccc(C=O)cc3)CC2)cc1. The summed E-state index contributed by atoms with van der Waals surface area (Å²) in [4.78, 5) is 25.5. The summed E-state index contributed by atoms with van der Waals surface area (Å²) in [7, 11) is 1.67. The molecule has 3 rings (SSSR count). The fraction of sp³-hybridized carbons (Fsp3) is 0.391. The number of anilines is 1. The molecule has 1 saturated heterocycles. The number of ether oxygens (including phenoxy) is 1. The first-order valence-electron chi connectivity index (χ1n) is 9.90. The number of methoxy groups -OCH3 is 1. The Morgan fingerprint density at radius 3 is 2.39 bits per heavy atom. The Morgan fingerprint density at radius 1 is 1.11 bits per heavy atom. The van der Waals surface area contributed by atoms with Crippen molar-refractivity contribution in [3.63, 3.8) is 0 Å².